The topological polar surface area (TPSA) is 37.8 Å². The van der Waals surface area contributed by atoms with Gasteiger partial charge in [-0.25, -0.2) is 9.97 Å². The maximum absolute atomic E-state index is 4.68. The maximum atomic E-state index is 4.68. The molecule has 17 heavy (non-hydrogen) atoms. The summed E-state index contributed by atoms with van der Waals surface area (Å²) in [6, 6.07) is 6.54. The van der Waals surface area contributed by atoms with E-state index in [1.807, 2.05) is 18.3 Å². The third-order valence-electron chi connectivity index (χ3n) is 3.09. The molecule has 0 spiro atoms. The molecular formula is C13H15N3S. The Morgan fingerprint density at radius 2 is 2.29 bits per heavy atom. The summed E-state index contributed by atoms with van der Waals surface area (Å²) in [4.78, 5) is 10.2. The third-order valence-corrected chi connectivity index (χ3v) is 3.95. The standard InChI is InChI=1S/C13H15N3S/c1-2-7-14-10(4-1)11-6-8-15-13(16-11)12-5-3-9-17-12/h3,5-6,8-10,14H,1-2,4,7H2. The van der Waals surface area contributed by atoms with Crippen LogP contribution in [0.3, 0.4) is 0 Å². The van der Waals surface area contributed by atoms with E-state index in [1.165, 1.54) is 19.3 Å². The maximum Gasteiger partial charge on any atom is 0.169 e. The Balaban J connectivity index is 1.88. The monoisotopic (exact) mass is 245 g/mol. The number of thiophene rings is 1. The summed E-state index contributed by atoms with van der Waals surface area (Å²) in [5, 5.41) is 5.58. The first-order valence-electron chi connectivity index (χ1n) is 6.04. The van der Waals surface area contributed by atoms with Crippen molar-refractivity contribution >= 4 is 11.3 Å². The van der Waals surface area contributed by atoms with Gasteiger partial charge in [0.05, 0.1) is 10.6 Å². The van der Waals surface area contributed by atoms with Crippen molar-refractivity contribution in [3.63, 3.8) is 0 Å². The number of nitrogens with one attached hydrogen (secondary N) is 1. The molecule has 1 aliphatic heterocycles. The molecule has 0 radical (unpaired) electrons. The lowest BCUT2D eigenvalue weighted by Gasteiger charge is -2.22. The number of hydrogen-bond donors (Lipinski definition) is 1. The van der Waals surface area contributed by atoms with Crippen molar-refractivity contribution in [3.8, 4) is 10.7 Å². The average molecular weight is 245 g/mol. The van der Waals surface area contributed by atoms with Crippen LogP contribution >= 0.6 is 11.3 Å². The molecule has 1 fully saturated rings. The van der Waals surface area contributed by atoms with Gasteiger partial charge in [0.2, 0.25) is 0 Å². The Kier molecular flexibility index (Phi) is 3.16. The second-order valence-electron chi connectivity index (χ2n) is 4.28. The molecule has 1 saturated heterocycles. The quantitative estimate of drug-likeness (QED) is 0.883. The zero-order chi connectivity index (χ0) is 11.5. The molecule has 3 nitrogen and oxygen atoms in total. The summed E-state index contributed by atoms with van der Waals surface area (Å²) >= 11 is 1.69. The summed E-state index contributed by atoms with van der Waals surface area (Å²) in [6.07, 6.45) is 5.62. The van der Waals surface area contributed by atoms with Gasteiger partial charge in [0, 0.05) is 12.2 Å². The molecule has 0 bridgehead atoms. The van der Waals surface area contributed by atoms with Gasteiger partial charge in [-0.1, -0.05) is 12.5 Å². The van der Waals surface area contributed by atoms with Crippen molar-refractivity contribution in [1.82, 2.24) is 15.3 Å². The highest BCUT2D eigenvalue weighted by Crippen LogP contribution is 2.25. The Labute approximate surface area is 105 Å². The average Bonchev–Trinajstić information content (AvgIpc) is 2.94. The molecule has 1 unspecified atom stereocenters. The summed E-state index contributed by atoms with van der Waals surface area (Å²) < 4.78 is 0. The van der Waals surface area contributed by atoms with E-state index in [9.17, 15) is 0 Å². The van der Waals surface area contributed by atoms with Crippen molar-refractivity contribution in [3.05, 3.63) is 35.5 Å². The predicted molar refractivity (Wildman–Crippen MR) is 69.9 cm³/mol. The molecule has 0 aromatic carbocycles. The lowest BCUT2D eigenvalue weighted by molar-refractivity contribution is 0.405. The molecule has 1 aliphatic rings. The number of nitrogens with zero attached hydrogens (tertiary/aromatic N) is 2. The highest BCUT2D eigenvalue weighted by molar-refractivity contribution is 7.13. The van der Waals surface area contributed by atoms with Crippen molar-refractivity contribution < 1.29 is 0 Å². The first-order valence-corrected chi connectivity index (χ1v) is 6.92. The van der Waals surface area contributed by atoms with E-state index < -0.39 is 0 Å². The lowest BCUT2D eigenvalue weighted by Crippen LogP contribution is -2.27. The van der Waals surface area contributed by atoms with Gasteiger partial charge in [-0.2, -0.15) is 0 Å². The molecule has 1 N–H and O–H groups in total. The van der Waals surface area contributed by atoms with Crippen molar-refractivity contribution in [2.45, 2.75) is 25.3 Å². The van der Waals surface area contributed by atoms with Gasteiger partial charge < -0.3 is 5.32 Å². The summed E-state index contributed by atoms with van der Waals surface area (Å²) in [6.45, 7) is 1.10. The molecular weight excluding hydrogens is 230 g/mol. The highest BCUT2D eigenvalue weighted by atomic mass is 32.1. The van der Waals surface area contributed by atoms with Gasteiger partial charge in [0.25, 0.3) is 0 Å². The van der Waals surface area contributed by atoms with E-state index in [4.69, 9.17) is 0 Å². The van der Waals surface area contributed by atoms with Crippen LogP contribution in [-0.2, 0) is 0 Å². The van der Waals surface area contributed by atoms with Gasteiger partial charge in [0.1, 0.15) is 0 Å². The molecule has 0 aliphatic carbocycles. The largest absolute Gasteiger partial charge is 0.309 e. The molecule has 2 aromatic heterocycles. The lowest BCUT2D eigenvalue weighted by atomic mass is 10.0. The minimum atomic E-state index is 0.408. The van der Waals surface area contributed by atoms with Crippen LogP contribution in [0.4, 0.5) is 0 Å². The van der Waals surface area contributed by atoms with Gasteiger partial charge in [-0.05, 0) is 36.9 Å². The first-order chi connectivity index (χ1) is 8.43. The second kappa shape index (κ2) is 4.94. The van der Waals surface area contributed by atoms with E-state index in [1.54, 1.807) is 11.3 Å². The minimum absolute atomic E-state index is 0.408. The molecule has 0 amide bonds. The van der Waals surface area contributed by atoms with Gasteiger partial charge >= 0.3 is 0 Å². The zero-order valence-electron chi connectivity index (χ0n) is 9.60. The fraction of sp³-hybridized carbons (Fsp3) is 0.385. The zero-order valence-corrected chi connectivity index (χ0v) is 10.4. The van der Waals surface area contributed by atoms with E-state index in [-0.39, 0.29) is 0 Å². The number of rotatable bonds is 2. The second-order valence-corrected chi connectivity index (χ2v) is 5.23. The predicted octanol–water partition coefficient (Wildman–Crippen LogP) is 3.02. The molecule has 88 valence electrons. The Morgan fingerprint density at radius 3 is 3.06 bits per heavy atom. The summed E-state index contributed by atoms with van der Waals surface area (Å²) in [5.41, 5.74) is 1.13. The first kappa shape index (κ1) is 10.9. The Hall–Kier alpha value is -1.26. The van der Waals surface area contributed by atoms with Crippen LogP contribution < -0.4 is 5.32 Å². The Morgan fingerprint density at radius 1 is 1.29 bits per heavy atom. The number of hydrogen-bond acceptors (Lipinski definition) is 4. The van der Waals surface area contributed by atoms with Gasteiger partial charge in [0.15, 0.2) is 5.82 Å². The Bertz CT molecular complexity index is 475. The smallest absolute Gasteiger partial charge is 0.169 e. The normalized spacial score (nSPS) is 20.4. The summed E-state index contributed by atoms with van der Waals surface area (Å²) in [5.74, 6) is 0.852. The van der Waals surface area contributed by atoms with Crippen LogP contribution in [0.1, 0.15) is 31.0 Å². The molecule has 3 rings (SSSR count). The fourth-order valence-electron chi connectivity index (χ4n) is 2.20. The van der Waals surface area contributed by atoms with Gasteiger partial charge in [-0.15, -0.1) is 11.3 Å². The number of aromatic nitrogens is 2. The van der Waals surface area contributed by atoms with E-state index in [0.29, 0.717) is 6.04 Å². The van der Waals surface area contributed by atoms with Crippen molar-refractivity contribution in [2.75, 3.05) is 6.54 Å². The SMILES string of the molecule is c1csc(-c2nccc(C3CCCCN3)n2)c1. The summed E-state index contributed by atoms with van der Waals surface area (Å²) in [7, 11) is 0. The van der Waals surface area contributed by atoms with E-state index >= 15 is 0 Å². The molecule has 2 aromatic rings. The van der Waals surface area contributed by atoms with Crippen LogP contribution in [0, 0.1) is 0 Å². The molecule has 1 atom stereocenters. The van der Waals surface area contributed by atoms with Crippen LogP contribution in [0.5, 0.6) is 0 Å². The van der Waals surface area contributed by atoms with Crippen LogP contribution in [0.15, 0.2) is 29.8 Å². The van der Waals surface area contributed by atoms with Crippen LogP contribution in [0.2, 0.25) is 0 Å². The molecule has 0 saturated carbocycles. The third kappa shape index (κ3) is 2.37. The van der Waals surface area contributed by atoms with E-state index in [0.717, 1.165) is 22.9 Å². The van der Waals surface area contributed by atoms with E-state index in [2.05, 4.69) is 26.7 Å². The minimum Gasteiger partial charge on any atom is -0.309 e. The van der Waals surface area contributed by atoms with Crippen molar-refractivity contribution in [1.29, 1.82) is 0 Å². The van der Waals surface area contributed by atoms with Crippen molar-refractivity contribution in [2.24, 2.45) is 0 Å². The van der Waals surface area contributed by atoms with Crippen LogP contribution in [0.25, 0.3) is 10.7 Å². The van der Waals surface area contributed by atoms with Gasteiger partial charge in [-0.3, -0.25) is 0 Å². The van der Waals surface area contributed by atoms with Crippen LogP contribution in [-0.4, -0.2) is 16.5 Å². The molecule has 4 heteroatoms. The fourth-order valence-corrected chi connectivity index (χ4v) is 2.86. The number of piperidine rings is 1. The molecule has 3 heterocycles. The highest BCUT2D eigenvalue weighted by Gasteiger charge is 2.16.